The van der Waals surface area contributed by atoms with Crippen LogP contribution in [0.1, 0.15) is 19.3 Å². The number of amides is 3. The predicted molar refractivity (Wildman–Crippen MR) is 77.2 cm³/mol. The van der Waals surface area contributed by atoms with Crippen LogP contribution in [0, 0.1) is 0 Å². The molecule has 0 saturated carbocycles. The number of aliphatic hydroxyl groups excluding tert-OH is 1. The molecule has 3 amide bonds. The van der Waals surface area contributed by atoms with Crippen molar-refractivity contribution in [2.45, 2.75) is 37.4 Å². The largest absolute Gasteiger partial charge is 0.481 e. The molecule has 0 saturated heterocycles. The Balaban J connectivity index is 4.98. The van der Waals surface area contributed by atoms with Gasteiger partial charge in [-0.3, -0.25) is 19.2 Å². The Hall–Kier alpha value is -2.73. The van der Waals surface area contributed by atoms with Crippen LogP contribution in [0.15, 0.2) is 0 Å². The quantitative estimate of drug-likeness (QED) is 0.193. The van der Waals surface area contributed by atoms with Crippen molar-refractivity contribution in [3.63, 3.8) is 0 Å². The molecule has 0 aliphatic rings. The Labute approximate surface area is 136 Å². The van der Waals surface area contributed by atoms with E-state index in [0.29, 0.717) is 0 Å². The van der Waals surface area contributed by atoms with Gasteiger partial charge in [0.15, 0.2) is 0 Å². The van der Waals surface area contributed by atoms with Crippen molar-refractivity contribution < 1.29 is 39.3 Å². The first-order valence-corrected chi connectivity index (χ1v) is 6.78. The second-order valence-corrected chi connectivity index (χ2v) is 4.85. The van der Waals surface area contributed by atoms with Gasteiger partial charge in [-0.2, -0.15) is 0 Å². The van der Waals surface area contributed by atoms with Gasteiger partial charge in [0, 0.05) is 6.42 Å². The molecule has 12 heteroatoms. The number of carbonyl (C=O) groups is 5. The molecule has 0 radical (unpaired) electrons. The standard InChI is InChI=1S/C12H20N4O8/c13-5(3-9(19)20)10(21)15-6(1-2-8(14)18)11(22)16-7(4-17)12(23)24/h5-7,17H,1-4,13H2,(H2,14,18)(H,15,21)(H,16,22)(H,19,20)(H,23,24). The van der Waals surface area contributed by atoms with Gasteiger partial charge in [0.2, 0.25) is 17.7 Å². The van der Waals surface area contributed by atoms with Crippen molar-refractivity contribution >= 4 is 29.7 Å². The zero-order valence-corrected chi connectivity index (χ0v) is 12.6. The molecular formula is C12H20N4O8. The minimum Gasteiger partial charge on any atom is -0.481 e. The third-order valence-corrected chi connectivity index (χ3v) is 2.84. The van der Waals surface area contributed by atoms with E-state index in [9.17, 15) is 24.0 Å². The molecule has 0 bridgehead atoms. The molecule has 3 unspecified atom stereocenters. The Kier molecular flexibility index (Phi) is 8.97. The number of aliphatic carboxylic acids is 2. The first-order chi connectivity index (χ1) is 11.1. The third-order valence-electron chi connectivity index (χ3n) is 2.84. The fraction of sp³-hybridized carbons (Fsp3) is 0.583. The Morgan fingerprint density at radius 1 is 0.958 bits per heavy atom. The average molecular weight is 348 g/mol. The van der Waals surface area contributed by atoms with Crippen molar-refractivity contribution in [2.24, 2.45) is 11.5 Å². The number of nitrogens with one attached hydrogen (secondary N) is 2. The molecule has 0 aromatic heterocycles. The first kappa shape index (κ1) is 21.3. The van der Waals surface area contributed by atoms with Gasteiger partial charge in [-0.25, -0.2) is 4.79 Å². The highest BCUT2D eigenvalue weighted by atomic mass is 16.4. The van der Waals surface area contributed by atoms with Crippen molar-refractivity contribution in [3.8, 4) is 0 Å². The number of hydrogen-bond donors (Lipinski definition) is 7. The van der Waals surface area contributed by atoms with Gasteiger partial charge in [-0.15, -0.1) is 0 Å². The van der Waals surface area contributed by atoms with Gasteiger partial charge >= 0.3 is 11.9 Å². The van der Waals surface area contributed by atoms with Crippen LogP contribution >= 0.6 is 0 Å². The molecule has 0 rings (SSSR count). The summed E-state index contributed by atoms with van der Waals surface area (Å²) in [6.07, 6.45) is -1.25. The number of carbonyl (C=O) groups excluding carboxylic acids is 3. The van der Waals surface area contributed by atoms with Crippen molar-refractivity contribution in [3.05, 3.63) is 0 Å². The number of aliphatic hydroxyl groups is 1. The first-order valence-electron chi connectivity index (χ1n) is 6.78. The van der Waals surface area contributed by atoms with Crippen LogP contribution in [0.5, 0.6) is 0 Å². The molecule has 0 fully saturated rings. The molecule has 0 aromatic carbocycles. The van der Waals surface area contributed by atoms with Gasteiger partial charge in [0.25, 0.3) is 0 Å². The van der Waals surface area contributed by atoms with Crippen LogP contribution in [-0.2, 0) is 24.0 Å². The monoisotopic (exact) mass is 348 g/mol. The van der Waals surface area contributed by atoms with E-state index in [1.807, 2.05) is 5.32 Å². The second-order valence-electron chi connectivity index (χ2n) is 4.85. The van der Waals surface area contributed by atoms with Gasteiger partial charge in [-0.05, 0) is 6.42 Å². The summed E-state index contributed by atoms with van der Waals surface area (Å²) < 4.78 is 0. The molecular weight excluding hydrogens is 328 g/mol. The zero-order valence-electron chi connectivity index (χ0n) is 12.6. The van der Waals surface area contributed by atoms with Gasteiger partial charge < -0.3 is 37.4 Å². The fourth-order valence-electron chi connectivity index (χ4n) is 1.57. The fourth-order valence-corrected chi connectivity index (χ4v) is 1.57. The molecule has 0 heterocycles. The van der Waals surface area contributed by atoms with Crippen molar-refractivity contribution in [1.29, 1.82) is 0 Å². The van der Waals surface area contributed by atoms with E-state index in [1.165, 1.54) is 0 Å². The minimum absolute atomic E-state index is 0.259. The van der Waals surface area contributed by atoms with Crippen molar-refractivity contribution in [1.82, 2.24) is 10.6 Å². The van der Waals surface area contributed by atoms with Gasteiger partial charge in [0.05, 0.1) is 19.1 Å². The van der Waals surface area contributed by atoms with E-state index >= 15 is 0 Å². The number of nitrogens with two attached hydrogens (primary N) is 2. The smallest absolute Gasteiger partial charge is 0.328 e. The van der Waals surface area contributed by atoms with E-state index in [0.717, 1.165) is 0 Å². The Morgan fingerprint density at radius 3 is 1.92 bits per heavy atom. The van der Waals surface area contributed by atoms with Crippen LogP contribution in [0.4, 0.5) is 0 Å². The second kappa shape index (κ2) is 10.1. The molecule has 3 atom stereocenters. The lowest BCUT2D eigenvalue weighted by Crippen LogP contribution is -2.55. The lowest BCUT2D eigenvalue weighted by atomic mass is 10.1. The highest BCUT2D eigenvalue weighted by Gasteiger charge is 2.28. The van der Waals surface area contributed by atoms with E-state index in [-0.39, 0.29) is 12.8 Å². The topological polar surface area (TPSA) is 222 Å². The van der Waals surface area contributed by atoms with Crippen LogP contribution in [0.3, 0.4) is 0 Å². The number of primary amides is 1. The summed E-state index contributed by atoms with van der Waals surface area (Å²) in [6, 6.07) is -4.43. The summed E-state index contributed by atoms with van der Waals surface area (Å²) in [7, 11) is 0. The SMILES string of the molecule is NC(=O)CCC(NC(=O)C(N)CC(=O)O)C(=O)NC(CO)C(=O)O. The van der Waals surface area contributed by atoms with Crippen LogP contribution in [-0.4, -0.2) is 69.7 Å². The average Bonchev–Trinajstić information content (AvgIpc) is 2.46. The zero-order chi connectivity index (χ0) is 18.9. The summed E-state index contributed by atoms with van der Waals surface area (Å²) in [5, 5.41) is 30.3. The summed E-state index contributed by atoms with van der Waals surface area (Å²) in [4.78, 5) is 55.9. The lowest BCUT2D eigenvalue weighted by molar-refractivity contribution is -0.143. The minimum atomic E-state index is -1.61. The van der Waals surface area contributed by atoms with Crippen molar-refractivity contribution in [2.75, 3.05) is 6.61 Å². The van der Waals surface area contributed by atoms with Crippen LogP contribution in [0.2, 0.25) is 0 Å². The van der Waals surface area contributed by atoms with Crippen LogP contribution in [0.25, 0.3) is 0 Å². The normalized spacial score (nSPS) is 14.1. The summed E-state index contributed by atoms with van der Waals surface area (Å²) in [5.74, 6) is -5.57. The van der Waals surface area contributed by atoms with Gasteiger partial charge in [-0.1, -0.05) is 0 Å². The van der Waals surface area contributed by atoms with Gasteiger partial charge in [0.1, 0.15) is 12.1 Å². The third kappa shape index (κ3) is 8.05. The number of carboxylic acid groups (broad SMARTS) is 2. The number of rotatable bonds is 11. The maximum atomic E-state index is 12.0. The Morgan fingerprint density at radius 2 is 1.50 bits per heavy atom. The summed E-state index contributed by atoms with van der Waals surface area (Å²) in [5.41, 5.74) is 10.3. The van der Waals surface area contributed by atoms with E-state index in [4.69, 9.17) is 26.8 Å². The highest BCUT2D eigenvalue weighted by molar-refractivity contribution is 5.93. The van der Waals surface area contributed by atoms with E-state index in [1.54, 1.807) is 0 Å². The summed E-state index contributed by atoms with van der Waals surface area (Å²) in [6.45, 7) is -0.893. The maximum Gasteiger partial charge on any atom is 0.328 e. The summed E-state index contributed by atoms with van der Waals surface area (Å²) >= 11 is 0. The molecule has 0 aromatic rings. The predicted octanol–water partition coefficient (Wildman–Crippen LogP) is -3.90. The molecule has 24 heavy (non-hydrogen) atoms. The van der Waals surface area contributed by atoms with Crippen LogP contribution < -0.4 is 22.1 Å². The molecule has 136 valence electrons. The molecule has 9 N–H and O–H groups in total. The highest BCUT2D eigenvalue weighted by Crippen LogP contribution is 2.01. The Bertz CT molecular complexity index is 509. The number of carboxylic acids is 2. The molecule has 12 nitrogen and oxygen atoms in total. The molecule has 0 aliphatic carbocycles. The lowest BCUT2D eigenvalue weighted by Gasteiger charge is -2.21. The maximum absolute atomic E-state index is 12.0. The van der Waals surface area contributed by atoms with E-state index in [2.05, 4.69) is 5.32 Å². The number of hydrogen-bond acceptors (Lipinski definition) is 7. The van der Waals surface area contributed by atoms with E-state index < -0.39 is 60.8 Å². The molecule has 0 aliphatic heterocycles. The molecule has 0 spiro atoms.